The molecule has 0 amide bonds. The molecule has 66 valence electrons. The van der Waals surface area contributed by atoms with Gasteiger partial charge in [0.1, 0.15) is 0 Å². The molecule has 0 saturated heterocycles. The molecule has 0 aliphatic carbocycles. The Morgan fingerprint density at radius 3 is 2.92 bits per heavy atom. The van der Waals surface area contributed by atoms with Crippen molar-refractivity contribution in [3.05, 3.63) is 33.9 Å². The van der Waals surface area contributed by atoms with Crippen molar-refractivity contribution in [2.75, 3.05) is 0 Å². The van der Waals surface area contributed by atoms with Crippen LogP contribution in [0.5, 0.6) is 0 Å². The maximum atomic E-state index is 10.8. The topological polar surface area (TPSA) is 32.9 Å². The van der Waals surface area contributed by atoms with Gasteiger partial charge in [-0.05, 0) is 19.1 Å². The van der Waals surface area contributed by atoms with Crippen LogP contribution in [0.15, 0.2) is 22.7 Å². The van der Waals surface area contributed by atoms with Gasteiger partial charge in [0.15, 0.2) is 6.29 Å². The van der Waals surface area contributed by atoms with E-state index in [1.54, 1.807) is 0 Å². The Morgan fingerprint density at radius 1 is 1.46 bits per heavy atom. The van der Waals surface area contributed by atoms with Gasteiger partial charge in [-0.1, -0.05) is 22.0 Å². The number of rotatable bonds is 1. The highest BCUT2D eigenvalue weighted by atomic mass is 79.9. The number of carbonyl (C=O) groups excluding carboxylic acids is 1. The summed E-state index contributed by atoms with van der Waals surface area (Å²) in [6.45, 7) is 1.90. The smallest absolute Gasteiger partial charge is 0.152 e. The standard InChI is InChI=1S/C10H8BrNO/c1-6-7(5-13)10-8(11)3-2-4-9(10)12-6/h2-5,12H,1H3. The molecule has 0 saturated carbocycles. The van der Waals surface area contributed by atoms with Gasteiger partial charge < -0.3 is 4.98 Å². The van der Waals surface area contributed by atoms with Crippen molar-refractivity contribution in [2.24, 2.45) is 0 Å². The molecule has 1 aromatic heterocycles. The summed E-state index contributed by atoms with van der Waals surface area (Å²) in [7, 11) is 0. The second kappa shape index (κ2) is 3.00. The van der Waals surface area contributed by atoms with Gasteiger partial charge in [0.2, 0.25) is 0 Å². The number of hydrogen-bond acceptors (Lipinski definition) is 1. The van der Waals surface area contributed by atoms with Gasteiger partial charge in [-0.3, -0.25) is 4.79 Å². The number of hydrogen-bond donors (Lipinski definition) is 1. The molecule has 0 aliphatic rings. The van der Waals surface area contributed by atoms with E-state index in [9.17, 15) is 4.79 Å². The summed E-state index contributed by atoms with van der Waals surface area (Å²) in [4.78, 5) is 14.0. The van der Waals surface area contributed by atoms with Crippen LogP contribution in [0.1, 0.15) is 16.1 Å². The first-order valence-corrected chi connectivity index (χ1v) is 4.75. The van der Waals surface area contributed by atoms with E-state index in [4.69, 9.17) is 0 Å². The van der Waals surface area contributed by atoms with Gasteiger partial charge in [-0.25, -0.2) is 0 Å². The van der Waals surface area contributed by atoms with Crippen LogP contribution in [0.25, 0.3) is 10.9 Å². The Morgan fingerprint density at radius 2 is 2.23 bits per heavy atom. The normalized spacial score (nSPS) is 10.6. The summed E-state index contributed by atoms with van der Waals surface area (Å²) in [6, 6.07) is 5.83. The lowest BCUT2D eigenvalue weighted by Crippen LogP contribution is -1.80. The highest BCUT2D eigenvalue weighted by molar-refractivity contribution is 9.10. The molecule has 0 unspecified atom stereocenters. The minimum atomic E-state index is 0.738. The third-order valence-corrected chi connectivity index (χ3v) is 2.79. The number of aromatic amines is 1. The molecule has 0 spiro atoms. The van der Waals surface area contributed by atoms with Gasteiger partial charge in [-0.2, -0.15) is 0 Å². The molecular formula is C10H8BrNO. The lowest BCUT2D eigenvalue weighted by molar-refractivity contribution is 0.112. The van der Waals surface area contributed by atoms with Gasteiger partial charge in [0.25, 0.3) is 0 Å². The first-order valence-electron chi connectivity index (χ1n) is 3.96. The van der Waals surface area contributed by atoms with Crippen LogP contribution in [0.3, 0.4) is 0 Å². The summed E-state index contributed by atoms with van der Waals surface area (Å²) in [6.07, 6.45) is 0.888. The third kappa shape index (κ3) is 1.20. The molecular weight excluding hydrogens is 230 g/mol. The fraction of sp³-hybridized carbons (Fsp3) is 0.100. The van der Waals surface area contributed by atoms with Crippen LogP contribution in [-0.4, -0.2) is 11.3 Å². The average molecular weight is 238 g/mol. The zero-order valence-electron chi connectivity index (χ0n) is 7.10. The SMILES string of the molecule is Cc1[nH]c2cccc(Br)c2c1C=O. The number of aromatic nitrogens is 1. The Kier molecular flexibility index (Phi) is 1.96. The van der Waals surface area contributed by atoms with Gasteiger partial charge >= 0.3 is 0 Å². The maximum absolute atomic E-state index is 10.8. The van der Waals surface area contributed by atoms with Crippen LogP contribution in [-0.2, 0) is 0 Å². The number of benzene rings is 1. The van der Waals surface area contributed by atoms with E-state index in [0.717, 1.165) is 32.9 Å². The summed E-state index contributed by atoms with van der Waals surface area (Å²) < 4.78 is 0.955. The molecule has 2 rings (SSSR count). The number of aldehydes is 1. The van der Waals surface area contributed by atoms with E-state index in [0.29, 0.717) is 0 Å². The molecule has 3 heteroatoms. The van der Waals surface area contributed by atoms with Crippen molar-refractivity contribution >= 4 is 33.1 Å². The average Bonchev–Trinajstić information content (AvgIpc) is 2.42. The molecule has 1 heterocycles. The van der Waals surface area contributed by atoms with E-state index in [-0.39, 0.29) is 0 Å². The number of fused-ring (bicyclic) bond motifs is 1. The fourth-order valence-electron chi connectivity index (χ4n) is 1.51. The summed E-state index contributed by atoms with van der Waals surface area (Å²) >= 11 is 3.42. The zero-order chi connectivity index (χ0) is 9.42. The third-order valence-electron chi connectivity index (χ3n) is 2.13. The molecule has 1 aromatic carbocycles. The predicted octanol–water partition coefficient (Wildman–Crippen LogP) is 3.05. The molecule has 0 aliphatic heterocycles. The van der Waals surface area contributed by atoms with Crippen molar-refractivity contribution in [3.8, 4) is 0 Å². The van der Waals surface area contributed by atoms with E-state index < -0.39 is 0 Å². The number of H-pyrrole nitrogens is 1. The van der Waals surface area contributed by atoms with E-state index in [2.05, 4.69) is 20.9 Å². The van der Waals surface area contributed by atoms with Crippen LogP contribution >= 0.6 is 15.9 Å². The lowest BCUT2D eigenvalue weighted by atomic mass is 10.1. The molecule has 0 bridgehead atoms. The number of aryl methyl sites for hydroxylation is 1. The van der Waals surface area contributed by atoms with Gasteiger partial charge in [0.05, 0.1) is 0 Å². The van der Waals surface area contributed by atoms with E-state index >= 15 is 0 Å². The zero-order valence-corrected chi connectivity index (χ0v) is 8.68. The molecule has 2 aromatic rings. The van der Waals surface area contributed by atoms with Crippen molar-refractivity contribution in [1.82, 2.24) is 4.98 Å². The van der Waals surface area contributed by atoms with Crippen LogP contribution < -0.4 is 0 Å². The summed E-state index contributed by atoms with van der Waals surface area (Å²) in [5.41, 5.74) is 2.65. The first-order chi connectivity index (χ1) is 6.24. The van der Waals surface area contributed by atoms with Crippen molar-refractivity contribution in [2.45, 2.75) is 6.92 Å². The lowest BCUT2D eigenvalue weighted by Gasteiger charge is -1.93. The molecule has 13 heavy (non-hydrogen) atoms. The van der Waals surface area contributed by atoms with Crippen molar-refractivity contribution < 1.29 is 4.79 Å². The fourth-order valence-corrected chi connectivity index (χ4v) is 2.09. The van der Waals surface area contributed by atoms with E-state index in [1.165, 1.54) is 0 Å². The number of halogens is 1. The molecule has 0 fully saturated rings. The second-order valence-electron chi connectivity index (χ2n) is 2.94. The Hall–Kier alpha value is -1.09. The quantitative estimate of drug-likeness (QED) is 0.761. The predicted molar refractivity (Wildman–Crippen MR) is 56.1 cm³/mol. The molecule has 0 radical (unpaired) electrons. The van der Waals surface area contributed by atoms with E-state index in [1.807, 2.05) is 25.1 Å². The highest BCUT2D eigenvalue weighted by Crippen LogP contribution is 2.27. The number of nitrogens with one attached hydrogen (secondary N) is 1. The van der Waals surface area contributed by atoms with Crippen LogP contribution in [0, 0.1) is 6.92 Å². The summed E-state index contributed by atoms with van der Waals surface area (Å²) in [5, 5.41) is 0.968. The molecule has 2 nitrogen and oxygen atoms in total. The monoisotopic (exact) mass is 237 g/mol. The first kappa shape index (κ1) is 8.51. The number of carbonyl (C=O) groups is 1. The molecule has 0 atom stereocenters. The van der Waals surface area contributed by atoms with Crippen molar-refractivity contribution in [3.63, 3.8) is 0 Å². The Labute approximate surface area is 84.1 Å². The van der Waals surface area contributed by atoms with Crippen LogP contribution in [0.2, 0.25) is 0 Å². The largest absolute Gasteiger partial charge is 0.358 e. The minimum Gasteiger partial charge on any atom is -0.358 e. The Balaban J connectivity index is 2.96. The minimum absolute atomic E-state index is 0.738. The Bertz CT molecular complexity index is 473. The van der Waals surface area contributed by atoms with Gasteiger partial charge in [-0.15, -0.1) is 0 Å². The second-order valence-corrected chi connectivity index (χ2v) is 3.80. The van der Waals surface area contributed by atoms with Crippen LogP contribution in [0.4, 0.5) is 0 Å². The molecule has 1 N–H and O–H groups in total. The van der Waals surface area contributed by atoms with Gasteiger partial charge in [0, 0.05) is 26.6 Å². The maximum Gasteiger partial charge on any atom is 0.152 e. The summed E-state index contributed by atoms with van der Waals surface area (Å²) in [5.74, 6) is 0. The highest BCUT2D eigenvalue weighted by Gasteiger charge is 2.09. The van der Waals surface area contributed by atoms with Crippen molar-refractivity contribution in [1.29, 1.82) is 0 Å².